The zero-order valence-corrected chi connectivity index (χ0v) is 15.0. The summed E-state index contributed by atoms with van der Waals surface area (Å²) >= 11 is 0. The molecule has 5 nitrogen and oxygen atoms in total. The van der Waals surface area contributed by atoms with Gasteiger partial charge in [-0.25, -0.2) is 0 Å². The number of fused-ring (bicyclic) bond motifs is 1. The first kappa shape index (κ1) is 17.5. The number of imide groups is 1. The minimum Gasteiger partial charge on any atom is -0.399 e. The minimum absolute atomic E-state index is 0.364. The average molecular weight is 347 g/mol. The number of anilines is 1. The number of carbonyl (C=O) groups is 2. The molecule has 2 aromatic carbocycles. The van der Waals surface area contributed by atoms with Crippen LogP contribution in [0.4, 0.5) is 5.69 Å². The predicted molar refractivity (Wildman–Crippen MR) is 105 cm³/mol. The average Bonchev–Trinajstić information content (AvgIpc) is 3.13. The Labute approximate surface area is 152 Å². The summed E-state index contributed by atoms with van der Waals surface area (Å²) in [6, 6.07) is 14.8. The summed E-state index contributed by atoms with van der Waals surface area (Å²) in [6.45, 7) is 4.00. The number of aromatic nitrogens is 1. The van der Waals surface area contributed by atoms with Gasteiger partial charge in [-0.2, -0.15) is 0 Å². The number of carbonyl (C=O) groups excluding carboxylic acids is 2. The third kappa shape index (κ3) is 2.77. The molecule has 0 bridgehead atoms. The van der Waals surface area contributed by atoms with Crippen molar-refractivity contribution in [2.75, 3.05) is 5.73 Å². The molecule has 2 amide bonds. The molecule has 0 spiro atoms. The molecule has 1 aromatic heterocycles. The van der Waals surface area contributed by atoms with Crippen LogP contribution >= 0.6 is 0 Å². The van der Waals surface area contributed by atoms with Gasteiger partial charge in [0.15, 0.2) is 0 Å². The number of amides is 2. The van der Waals surface area contributed by atoms with Crippen LogP contribution in [-0.4, -0.2) is 16.4 Å². The number of rotatable bonds is 2. The molecule has 0 unspecified atom stereocenters. The standard InChI is InChI=1S/C19H15N3O2.C2H6/c1-22-10-14(13-7-2-3-8-15(13)22)17-16(18(23)21-19(17)24)11-5-4-6-12(20)9-11;1-2/h2-10H,20H2,1H3,(H,21,23,24);1-2H3. The highest BCUT2D eigenvalue weighted by molar-refractivity contribution is 6.50. The van der Waals surface area contributed by atoms with Crippen molar-refractivity contribution in [2.45, 2.75) is 13.8 Å². The molecule has 5 heteroatoms. The van der Waals surface area contributed by atoms with Crippen LogP contribution in [0.25, 0.3) is 22.0 Å². The molecule has 4 rings (SSSR count). The van der Waals surface area contributed by atoms with E-state index in [0.717, 1.165) is 16.5 Å². The highest BCUT2D eigenvalue weighted by Gasteiger charge is 2.33. The summed E-state index contributed by atoms with van der Waals surface area (Å²) in [5.41, 5.74) is 9.53. The molecular weight excluding hydrogens is 326 g/mol. The molecule has 0 saturated heterocycles. The Morgan fingerprint density at radius 1 is 0.923 bits per heavy atom. The van der Waals surface area contributed by atoms with Gasteiger partial charge in [0, 0.05) is 35.4 Å². The quantitative estimate of drug-likeness (QED) is 0.551. The van der Waals surface area contributed by atoms with E-state index in [1.807, 2.05) is 55.9 Å². The minimum atomic E-state index is -0.395. The molecule has 0 atom stereocenters. The molecule has 1 aliphatic heterocycles. The van der Waals surface area contributed by atoms with Crippen LogP contribution in [0.3, 0.4) is 0 Å². The number of nitrogens with zero attached hydrogens (tertiary/aromatic N) is 1. The number of nitrogens with two attached hydrogens (primary N) is 1. The number of nitrogen functional groups attached to an aromatic ring is 1. The first-order valence-corrected chi connectivity index (χ1v) is 8.56. The normalized spacial score (nSPS) is 13.7. The van der Waals surface area contributed by atoms with E-state index >= 15 is 0 Å². The van der Waals surface area contributed by atoms with E-state index in [0.29, 0.717) is 22.4 Å². The van der Waals surface area contributed by atoms with E-state index in [-0.39, 0.29) is 5.91 Å². The Morgan fingerprint density at radius 3 is 2.35 bits per heavy atom. The first-order chi connectivity index (χ1) is 12.6. The molecular formula is C21H21N3O2. The Hall–Kier alpha value is -3.34. The molecule has 26 heavy (non-hydrogen) atoms. The molecule has 1 aliphatic rings. The fraction of sp³-hybridized carbons (Fsp3) is 0.143. The van der Waals surface area contributed by atoms with Crippen LogP contribution in [0.2, 0.25) is 0 Å². The van der Waals surface area contributed by atoms with Crippen LogP contribution < -0.4 is 11.1 Å². The van der Waals surface area contributed by atoms with Gasteiger partial charge in [0.25, 0.3) is 11.8 Å². The van der Waals surface area contributed by atoms with E-state index in [4.69, 9.17) is 5.73 Å². The second kappa shape index (κ2) is 6.88. The van der Waals surface area contributed by atoms with Crippen molar-refractivity contribution < 1.29 is 9.59 Å². The maximum atomic E-state index is 12.5. The van der Waals surface area contributed by atoms with Crippen LogP contribution in [0.15, 0.2) is 54.7 Å². The van der Waals surface area contributed by atoms with Crippen molar-refractivity contribution in [3.05, 3.63) is 65.9 Å². The van der Waals surface area contributed by atoms with Crippen molar-refractivity contribution in [2.24, 2.45) is 7.05 Å². The van der Waals surface area contributed by atoms with Gasteiger partial charge < -0.3 is 10.3 Å². The molecule has 0 saturated carbocycles. The van der Waals surface area contributed by atoms with E-state index in [2.05, 4.69) is 5.32 Å². The lowest BCUT2D eigenvalue weighted by molar-refractivity contribution is -0.122. The highest BCUT2D eigenvalue weighted by Crippen LogP contribution is 2.35. The number of hydrogen-bond acceptors (Lipinski definition) is 3. The van der Waals surface area contributed by atoms with Crippen molar-refractivity contribution in [3.8, 4) is 0 Å². The van der Waals surface area contributed by atoms with Crippen LogP contribution in [0.1, 0.15) is 25.0 Å². The maximum absolute atomic E-state index is 12.5. The van der Waals surface area contributed by atoms with E-state index in [9.17, 15) is 9.59 Å². The lowest BCUT2D eigenvalue weighted by Crippen LogP contribution is -2.22. The van der Waals surface area contributed by atoms with E-state index in [1.165, 1.54) is 0 Å². The lowest BCUT2D eigenvalue weighted by atomic mass is 9.96. The molecule has 0 radical (unpaired) electrons. The van der Waals surface area contributed by atoms with Crippen molar-refractivity contribution in [1.29, 1.82) is 0 Å². The van der Waals surface area contributed by atoms with Crippen LogP contribution in [0, 0.1) is 0 Å². The number of benzene rings is 2. The Morgan fingerprint density at radius 2 is 1.62 bits per heavy atom. The second-order valence-electron chi connectivity index (χ2n) is 5.83. The zero-order chi connectivity index (χ0) is 18.8. The summed E-state index contributed by atoms with van der Waals surface area (Å²) in [4.78, 5) is 24.9. The van der Waals surface area contributed by atoms with Crippen LogP contribution in [-0.2, 0) is 16.6 Å². The van der Waals surface area contributed by atoms with Gasteiger partial charge in [-0.15, -0.1) is 0 Å². The fourth-order valence-electron chi connectivity index (χ4n) is 3.22. The maximum Gasteiger partial charge on any atom is 0.259 e. The molecule has 0 fully saturated rings. The van der Waals surface area contributed by atoms with E-state index < -0.39 is 5.91 Å². The fourth-order valence-corrected chi connectivity index (χ4v) is 3.22. The van der Waals surface area contributed by atoms with Gasteiger partial charge >= 0.3 is 0 Å². The molecule has 132 valence electrons. The summed E-state index contributed by atoms with van der Waals surface area (Å²) in [7, 11) is 1.92. The first-order valence-electron chi connectivity index (χ1n) is 8.56. The molecule has 2 heterocycles. The topological polar surface area (TPSA) is 77.1 Å². The number of nitrogens with one attached hydrogen (secondary N) is 1. The third-order valence-electron chi connectivity index (χ3n) is 4.27. The lowest BCUT2D eigenvalue weighted by Gasteiger charge is -2.05. The number of aryl methyl sites for hydroxylation is 1. The smallest absolute Gasteiger partial charge is 0.259 e. The van der Waals surface area contributed by atoms with Gasteiger partial charge in [-0.1, -0.05) is 44.2 Å². The predicted octanol–water partition coefficient (Wildman–Crippen LogP) is 3.35. The summed E-state index contributed by atoms with van der Waals surface area (Å²) in [6.07, 6.45) is 1.88. The number of hydrogen-bond donors (Lipinski definition) is 2. The molecule has 3 aromatic rings. The number of para-hydroxylation sites is 1. The van der Waals surface area contributed by atoms with E-state index in [1.54, 1.807) is 24.3 Å². The third-order valence-corrected chi connectivity index (χ3v) is 4.27. The van der Waals surface area contributed by atoms with Gasteiger partial charge in [-0.05, 0) is 23.8 Å². The van der Waals surface area contributed by atoms with Crippen LogP contribution in [0.5, 0.6) is 0 Å². The summed E-state index contributed by atoms with van der Waals surface area (Å²) < 4.78 is 1.95. The Bertz CT molecular complexity index is 1040. The van der Waals surface area contributed by atoms with Gasteiger partial charge in [-0.3, -0.25) is 14.9 Å². The second-order valence-corrected chi connectivity index (χ2v) is 5.83. The largest absolute Gasteiger partial charge is 0.399 e. The Balaban J connectivity index is 0.000000948. The van der Waals surface area contributed by atoms with Gasteiger partial charge in [0.2, 0.25) is 0 Å². The summed E-state index contributed by atoms with van der Waals surface area (Å²) in [5, 5.41) is 3.34. The zero-order valence-electron chi connectivity index (χ0n) is 15.0. The Kier molecular flexibility index (Phi) is 4.63. The van der Waals surface area contributed by atoms with Crippen molar-refractivity contribution in [3.63, 3.8) is 0 Å². The monoisotopic (exact) mass is 347 g/mol. The highest BCUT2D eigenvalue weighted by atomic mass is 16.2. The van der Waals surface area contributed by atoms with Gasteiger partial charge in [0.05, 0.1) is 11.1 Å². The molecule has 0 aliphatic carbocycles. The molecule has 3 N–H and O–H groups in total. The van der Waals surface area contributed by atoms with Crippen molar-refractivity contribution in [1.82, 2.24) is 9.88 Å². The SMILES string of the molecule is CC.Cn1cc(C2=C(c3cccc(N)c3)C(=O)NC2=O)c2ccccc21. The summed E-state index contributed by atoms with van der Waals surface area (Å²) in [5.74, 6) is -0.776. The van der Waals surface area contributed by atoms with Gasteiger partial charge in [0.1, 0.15) is 0 Å². The van der Waals surface area contributed by atoms with Crippen molar-refractivity contribution >= 4 is 39.6 Å².